The highest BCUT2D eigenvalue weighted by atomic mass is 16.5. The van der Waals surface area contributed by atoms with Gasteiger partial charge in [0, 0.05) is 50.4 Å². The van der Waals surface area contributed by atoms with Gasteiger partial charge in [-0.05, 0) is 25.3 Å². The van der Waals surface area contributed by atoms with Gasteiger partial charge < -0.3 is 30.1 Å². The van der Waals surface area contributed by atoms with Crippen LogP contribution in [-0.4, -0.2) is 62.8 Å². The maximum absolute atomic E-state index is 12.8. The first kappa shape index (κ1) is 9.13. The third kappa shape index (κ3) is 4.36. The van der Waals surface area contributed by atoms with Crippen molar-refractivity contribution in [3.05, 3.63) is 12.1 Å². The summed E-state index contributed by atoms with van der Waals surface area (Å²) in [7, 11) is 2.59. The van der Waals surface area contributed by atoms with Crippen molar-refractivity contribution in [2.45, 2.75) is 25.3 Å². The minimum Gasteiger partial charge on any atom is -0.493 e. The Morgan fingerprint density at radius 3 is 3.04 bits per heavy atom. The van der Waals surface area contributed by atoms with Crippen LogP contribution in [0.15, 0.2) is 12.1 Å². The quantitative estimate of drug-likeness (QED) is 0.646. The number of hydrogen-bond donors (Lipinski definition) is 2. The van der Waals surface area contributed by atoms with Gasteiger partial charge in [0.1, 0.15) is 11.9 Å². The van der Waals surface area contributed by atoms with E-state index in [0.717, 1.165) is 0 Å². The SMILES string of the molecule is [2H]N([2H])c1nc(N(C([2H])([2H])[2H])C([2H])([2H])C([2H])([2H])C([2H])([2H])N([2H])C(=O)C2([2H])CCCO2)nc2cc(OC)c(OC)cc12. The average molecular weight is 403 g/mol. The molecule has 1 fully saturated rings. The molecule has 1 unspecified atom stereocenters. The monoisotopic (exact) mass is 402 g/mol. The molecule has 0 spiro atoms. The molecule has 0 aliphatic carbocycles. The summed E-state index contributed by atoms with van der Waals surface area (Å²) in [5.74, 6) is -3.07. The van der Waals surface area contributed by atoms with E-state index in [-0.39, 0.29) is 52.5 Å². The van der Waals surface area contributed by atoms with E-state index in [1.54, 1.807) is 0 Å². The molecule has 3 rings (SSSR count). The lowest BCUT2D eigenvalue weighted by molar-refractivity contribution is -0.130. The summed E-state index contributed by atoms with van der Waals surface area (Å²) in [6, 6.07) is 2.49. The molecule has 0 radical (unpaired) electrons. The van der Waals surface area contributed by atoms with Crippen molar-refractivity contribution >= 4 is 28.6 Å². The van der Waals surface area contributed by atoms with Gasteiger partial charge in [-0.3, -0.25) is 4.79 Å². The number of nitrogen functional groups attached to an aromatic ring is 1. The van der Waals surface area contributed by atoms with Crippen LogP contribution in [0.5, 0.6) is 11.5 Å². The third-order valence-electron chi connectivity index (χ3n) is 3.81. The summed E-state index contributed by atoms with van der Waals surface area (Å²) in [6.07, 6.45) is -6.43. The molecule has 2 aromatic rings. The Balaban J connectivity index is 2.22. The summed E-state index contributed by atoms with van der Waals surface area (Å²) in [5, 5.41) is -0.596. The smallest absolute Gasteiger partial charge is 0.249 e. The summed E-state index contributed by atoms with van der Waals surface area (Å²) in [5.41, 5.74) is -0.201. The zero-order chi connectivity index (χ0) is 31.3. The Labute approximate surface area is 182 Å². The maximum Gasteiger partial charge on any atom is 0.249 e. The van der Waals surface area contributed by atoms with Crippen LogP contribution in [0.1, 0.15) is 32.9 Å². The van der Waals surface area contributed by atoms with Crippen LogP contribution < -0.4 is 25.4 Å². The van der Waals surface area contributed by atoms with Crippen molar-refractivity contribution in [2.75, 3.05) is 51.4 Å². The Hall–Kier alpha value is -2.81. The van der Waals surface area contributed by atoms with Crippen LogP contribution in [0.2, 0.25) is 4.24 Å². The van der Waals surface area contributed by atoms with E-state index in [4.69, 9.17) is 32.2 Å². The average Bonchev–Trinajstić information content (AvgIpc) is 3.32. The van der Waals surface area contributed by atoms with Crippen LogP contribution in [0.3, 0.4) is 0 Å². The lowest BCUT2D eigenvalue weighted by Gasteiger charge is -2.19. The van der Waals surface area contributed by atoms with Crippen molar-refractivity contribution < 1.29 is 36.9 Å². The first-order valence-corrected chi connectivity index (χ1v) is 8.17. The fourth-order valence-electron chi connectivity index (χ4n) is 2.47. The highest BCUT2D eigenvalue weighted by Crippen LogP contribution is 2.33. The molecular formula is C19H27N5O4. The first-order valence-electron chi connectivity index (χ1n) is 14.5. The maximum atomic E-state index is 12.8. The number of nitrogens with zero attached hydrogens (tertiary/aromatic N) is 3. The van der Waals surface area contributed by atoms with Gasteiger partial charge in [-0.15, -0.1) is 0 Å². The number of carbonyl (C=O) groups is 1. The fraction of sp³-hybridized carbons (Fsp3) is 0.526. The Kier molecular flexibility index (Phi) is 2.91. The van der Waals surface area contributed by atoms with Gasteiger partial charge in [0.2, 0.25) is 11.9 Å². The molecule has 1 aliphatic rings. The van der Waals surface area contributed by atoms with Gasteiger partial charge in [0.25, 0.3) is 0 Å². The molecule has 0 bridgehead atoms. The number of amides is 1. The Morgan fingerprint density at radius 2 is 2.36 bits per heavy atom. The summed E-state index contributed by atoms with van der Waals surface area (Å²) in [6.45, 7) is -11.5. The van der Waals surface area contributed by atoms with Crippen LogP contribution in [0, 0.1) is 0 Å². The number of benzene rings is 1. The van der Waals surface area contributed by atoms with Crippen LogP contribution in [0.25, 0.3) is 10.9 Å². The Morgan fingerprint density at radius 1 is 1.54 bits per heavy atom. The summed E-state index contributed by atoms with van der Waals surface area (Å²) in [4.78, 5) is 20.3. The molecule has 1 aromatic carbocycles. The van der Waals surface area contributed by atoms with E-state index < -0.39 is 55.4 Å². The normalized spacial score (nSPS) is 27.4. The van der Waals surface area contributed by atoms with Crippen molar-refractivity contribution in [3.8, 4) is 11.5 Å². The van der Waals surface area contributed by atoms with E-state index in [2.05, 4.69) is 9.97 Å². The van der Waals surface area contributed by atoms with E-state index in [1.165, 1.54) is 26.4 Å². The molecule has 1 amide bonds. The summed E-state index contributed by atoms with van der Waals surface area (Å²) >= 11 is 0. The number of hydrogen-bond acceptors (Lipinski definition) is 8. The second-order valence-corrected chi connectivity index (χ2v) is 5.55. The molecule has 1 aliphatic heterocycles. The molecule has 9 heteroatoms. The molecule has 2 heterocycles. The minimum atomic E-state index is -4.02. The van der Waals surface area contributed by atoms with Crippen LogP contribution in [0.4, 0.5) is 11.8 Å². The van der Waals surface area contributed by atoms with E-state index in [9.17, 15) is 4.79 Å². The van der Waals surface area contributed by atoms with E-state index >= 15 is 0 Å². The number of methoxy groups -OCH3 is 2. The largest absolute Gasteiger partial charge is 0.493 e. The van der Waals surface area contributed by atoms with Crippen LogP contribution >= 0.6 is 0 Å². The fourth-order valence-corrected chi connectivity index (χ4v) is 2.47. The zero-order valence-corrected chi connectivity index (χ0v) is 15.1. The highest BCUT2D eigenvalue weighted by Gasteiger charge is 2.22. The van der Waals surface area contributed by atoms with Crippen molar-refractivity contribution in [1.29, 1.82) is 0 Å². The standard InChI is InChI=1S/C19H27N5O4/c1-24(8-5-7-21-18(25)14-6-4-9-28-14)19-22-13-11-16(27-3)15(26-2)10-12(13)17(20)23-19/h10-11,14H,4-9H2,1-3H3,(H,21,25)(H2,20,22,23)/i1D3,5D2,7D2,8D2,14D/hD3. The lowest BCUT2D eigenvalue weighted by Crippen LogP contribution is -2.36. The molecule has 1 atom stereocenters. The molecule has 1 saturated heterocycles. The van der Waals surface area contributed by atoms with Gasteiger partial charge in [0.05, 0.1) is 21.1 Å². The van der Waals surface area contributed by atoms with Gasteiger partial charge >= 0.3 is 0 Å². The predicted octanol–water partition coefficient (Wildman–Crippen LogP) is 1.35. The second kappa shape index (κ2) is 8.92. The number of fused-ring (bicyclic) bond motifs is 1. The molecule has 0 saturated carbocycles. The number of anilines is 2. The van der Waals surface area contributed by atoms with Crippen molar-refractivity contribution in [1.82, 2.24) is 15.3 Å². The first-order chi connectivity index (χ1) is 18.7. The van der Waals surface area contributed by atoms with Gasteiger partial charge in [-0.1, -0.05) is 0 Å². The molecule has 1 aromatic heterocycles. The van der Waals surface area contributed by atoms with Gasteiger partial charge in [-0.2, -0.15) is 4.98 Å². The van der Waals surface area contributed by atoms with E-state index in [1.807, 2.05) is 0 Å². The van der Waals surface area contributed by atoms with Gasteiger partial charge in [-0.25, -0.2) is 4.98 Å². The van der Waals surface area contributed by atoms with E-state index in [0.29, 0.717) is 0 Å². The molecule has 28 heavy (non-hydrogen) atoms. The minimum absolute atomic E-state index is 0.0268. The topological polar surface area (TPSA) is 112 Å². The van der Waals surface area contributed by atoms with Crippen molar-refractivity contribution in [3.63, 3.8) is 0 Å². The number of nitrogens with two attached hydrogens (primary N) is 1. The number of ether oxygens (including phenoxy) is 3. The summed E-state index contributed by atoms with van der Waals surface area (Å²) < 4.78 is 121. The van der Waals surface area contributed by atoms with Crippen molar-refractivity contribution in [2.24, 2.45) is 0 Å². The molecular weight excluding hydrogens is 362 g/mol. The number of nitrogens with one attached hydrogen (secondary N) is 1. The number of aromatic nitrogens is 2. The predicted molar refractivity (Wildman–Crippen MR) is 107 cm³/mol. The third-order valence-corrected chi connectivity index (χ3v) is 3.81. The van der Waals surface area contributed by atoms with Crippen LogP contribution in [-0.2, 0) is 9.53 Å². The number of rotatable bonds is 9. The highest BCUT2D eigenvalue weighted by molar-refractivity contribution is 5.91. The molecule has 152 valence electrons. The molecule has 9 nitrogen and oxygen atoms in total. The lowest BCUT2D eigenvalue weighted by atomic mass is 10.2. The number of carbonyl (C=O) groups excluding carboxylic acids is 1. The van der Waals surface area contributed by atoms with Gasteiger partial charge in [0.15, 0.2) is 15.7 Å². The zero-order valence-electron chi connectivity index (χ0n) is 28.1. The Bertz CT molecular complexity index is 1300. The molecule has 3 N–H and O–H groups in total. The second-order valence-electron chi connectivity index (χ2n) is 5.55.